The number of amides is 2. The number of nitrogens with one attached hydrogen (secondary N) is 3. The summed E-state index contributed by atoms with van der Waals surface area (Å²) < 4.78 is 0. The number of hydrogen-bond donors (Lipinski definition) is 3. The zero-order chi connectivity index (χ0) is 20.1. The Balaban J connectivity index is 1.75. The van der Waals surface area contributed by atoms with Crippen molar-refractivity contribution in [2.24, 2.45) is 0 Å². The Morgan fingerprint density at radius 3 is 2.39 bits per heavy atom. The molecular weight excluding hydrogens is 376 g/mol. The van der Waals surface area contributed by atoms with Gasteiger partial charge in [0.25, 0.3) is 5.91 Å². The zero-order valence-electron chi connectivity index (χ0n) is 15.4. The Hall–Kier alpha value is -3.38. The first-order valence-electron chi connectivity index (χ1n) is 8.58. The molecule has 0 saturated carbocycles. The predicted octanol–water partition coefficient (Wildman–Crippen LogP) is 5.00. The standard InChI is InChI=1S/C21H19ClN4O2/c1-13-19(22)7-4-8-20(13)25-18-9-15(11-23-12-18)21(28)26-17-6-3-5-16(10-17)24-14(2)27/h3-12,25H,1-2H3,(H,24,27)(H,26,28). The highest BCUT2D eigenvalue weighted by Crippen LogP contribution is 2.26. The quantitative estimate of drug-likeness (QED) is 0.568. The van der Waals surface area contributed by atoms with Gasteiger partial charge in [-0.15, -0.1) is 0 Å². The van der Waals surface area contributed by atoms with Gasteiger partial charge in [-0.25, -0.2) is 0 Å². The Morgan fingerprint density at radius 1 is 0.929 bits per heavy atom. The molecule has 0 aliphatic rings. The summed E-state index contributed by atoms with van der Waals surface area (Å²) in [5, 5.41) is 9.37. The van der Waals surface area contributed by atoms with Crippen molar-refractivity contribution < 1.29 is 9.59 Å². The first kappa shape index (κ1) is 19.4. The Labute approximate surface area is 168 Å². The van der Waals surface area contributed by atoms with E-state index in [0.29, 0.717) is 27.6 Å². The van der Waals surface area contributed by atoms with Gasteiger partial charge in [0.05, 0.1) is 17.4 Å². The van der Waals surface area contributed by atoms with Crippen LogP contribution in [0, 0.1) is 6.92 Å². The third kappa shape index (κ3) is 4.86. The summed E-state index contributed by atoms with van der Waals surface area (Å²) in [4.78, 5) is 27.9. The maximum atomic E-state index is 12.6. The Bertz CT molecular complexity index is 1040. The molecule has 2 aromatic carbocycles. The molecule has 3 aromatic rings. The molecule has 142 valence electrons. The molecule has 3 N–H and O–H groups in total. The van der Waals surface area contributed by atoms with Gasteiger partial charge in [-0.3, -0.25) is 14.6 Å². The normalized spacial score (nSPS) is 10.2. The molecular formula is C21H19ClN4O2. The number of rotatable bonds is 5. The largest absolute Gasteiger partial charge is 0.354 e. The molecule has 0 bridgehead atoms. The second-order valence-electron chi connectivity index (χ2n) is 6.22. The number of hydrogen-bond acceptors (Lipinski definition) is 4. The van der Waals surface area contributed by atoms with Crippen LogP contribution in [0.15, 0.2) is 60.9 Å². The van der Waals surface area contributed by atoms with Crippen molar-refractivity contribution in [2.75, 3.05) is 16.0 Å². The van der Waals surface area contributed by atoms with Crippen LogP contribution >= 0.6 is 11.6 Å². The molecule has 0 aliphatic carbocycles. The molecule has 2 amide bonds. The summed E-state index contributed by atoms with van der Waals surface area (Å²) >= 11 is 6.15. The fourth-order valence-corrected chi connectivity index (χ4v) is 2.79. The van der Waals surface area contributed by atoms with E-state index in [4.69, 9.17) is 11.6 Å². The maximum Gasteiger partial charge on any atom is 0.257 e. The number of nitrogens with zero attached hydrogens (tertiary/aromatic N) is 1. The van der Waals surface area contributed by atoms with Crippen LogP contribution in [0.4, 0.5) is 22.7 Å². The molecule has 0 unspecified atom stereocenters. The van der Waals surface area contributed by atoms with E-state index in [1.54, 1.807) is 36.5 Å². The Morgan fingerprint density at radius 2 is 1.64 bits per heavy atom. The summed E-state index contributed by atoms with van der Waals surface area (Å²) in [5.41, 5.74) is 4.00. The Kier molecular flexibility index (Phi) is 5.91. The van der Waals surface area contributed by atoms with E-state index in [-0.39, 0.29) is 11.8 Å². The lowest BCUT2D eigenvalue weighted by molar-refractivity contribution is -0.114. The molecule has 1 heterocycles. The van der Waals surface area contributed by atoms with Gasteiger partial charge in [0.1, 0.15) is 0 Å². The molecule has 0 spiro atoms. The maximum absolute atomic E-state index is 12.6. The number of benzene rings is 2. The van der Waals surface area contributed by atoms with Gasteiger partial charge < -0.3 is 16.0 Å². The van der Waals surface area contributed by atoms with Crippen LogP contribution in [0.3, 0.4) is 0 Å². The second kappa shape index (κ2) is 8.54. The highest BCUT2D eigenvalue weighted by Gasteiger charge is 2.09. The minimum absolute atomic E-state index is 0.178. The van der Waals surface area contributed by atoms with Crippen LogP contribution in [-0.4, -0.2) is 16.8 Å². The van der Waals surface area contributed by atoms with Crippen LogP contribution in [0.25, 0.3) is 0 Å². The van der Waals surface area contributed by atoms with Crippen molar-refractivity contribution in [3.05, 3.63) is 77.1 Å². The number of pyridine rings is 1. The molecule has 3 rings (SSSR count). The minimum atomic E-state index is -0.307. The number of aromatic nitrogens is 1. The van der Waals surface area contributed by atoms with Gasteiger partial charge in [-0.05, 0) is 48.9 Å². The van der Waals surface area contributed by atoms with Gasteiger partial charge >= 0.3 is 0 Å². The van der Waals surface area contributed by atoms with Gasteiger partial charge in [0.2, 0.25) is 5.91 Å². The van der Waals surface area contributed by atoms with Crippen molar-refractivity contribution in [3.63, 3.8) is 0 Å². The topological polar surface area (TPSA) is 83.1 Å². The fourth-order valence-electron chi connectivity index (χ4n) is 2.61. The predicted molar refractivity (Wildman–Crippen MR) is 112 cm³/mol. The van der Waals surface area contributed by atoms with E-state index in [1.807, 2.05) is 25.1 Å². The number of halogens is 1. The molecule has 0 saturated heterocycles. The molecule has 7 heteroatoms. The molecule has 0 atom stereocenters. The smallest absolute Gasteiger partial charge is 0.257 e. The highest BCUT2D eigenvalue weighted by molar-refractivity contribution is 6.31. The summed E-state index contributed by atoms with van der Waals surface area (Å²) in [6.45, 7) is 3.34. The van der Waals surface area contributed by atoms with Crippen molar-refractivity contribution in [2.45, 2.75) is 13.8 Å². The monoisotopic (exact) mass is 394 g/mol. The zero-order valence-corrected chi connectivity index (χ0v) is 16.2. The third-order valence-electron chi connectivity index (χ3n) is 3.99. The summed E-state index contributed by atoms with van der Waals surface area (Å²) in [5.74, 6) is -0.485. The van der Waals surface area contributed by atoms with Crippen molar-refractivity contribution >= 4 is 46.2 Å². The lowest BCUT2D eigenvalue weighted by atomic mass is 10.2. The average Bonchev–Trinajstić information content (AvgIpc) is 2.65. The molecule has 28 heavy (non-hydrogen) atoms. The van der Waals surface area contributed by atoms with E-state index >= 15 is 0 Å². The lowest BCUT2D eigenvalue weighted by Gasteiger charge is -2.12. The number of carbonyl (C=O) groups is 2. The van der Waals surface area contributed by atoms with Crippen LogP contribution in [0.1, 0.15) is 22.8 Å². The molecule has 0 radical (unpaired) electrons. The van der Waals surface area contributed by atoms with E-state index < -0.39 is 0 Å². The van der Waals surface area contributed by atoms with Crippen molar-refractivity contribution in [1.82, 2.24) is 4.98 Å². The highest BCUT2D eigenvalue weighted by atomic mass is 35.5. The molecule has 1 aromatic heterocycles. The van der Waals surface area contributed by atoms with Gasteiger partial charge in [-0.2, -0.15) is 0 Å². The van der Waals surface area contributed by atoms with Crippen LogP contribution in [-0.2, 0) is 4.79 Å². The van der Waals surface area contributed by atoms with E-state index in [0.717, 1.165) is 11.3 Å². The first-order chi connectivity index (χ1) is 13.4. The third-order valence-corrected chi connectivity index (χ3v) is 4.40. The number of carbonyl (C=O) groups excluding carboxylic acids is 2. The van der Waals surface area contributed by atoms with Crippen LogP contribution < -0.4 is 16.0 Å². The van der Waals surface area contributed by atoms with E-state index in [1.165, 1.54) is 13.1 Å². The summed E-state index contributed by atoms with van der Waals surface area (Å²) in [6.07, 6.45) is 3.12. The SMILES string of the molecule is CC(=O)Nc1cccc(NC(=O)c2cncc(Nc3cccc(Cl)c3C)c2)c1. The van der Waals surface area contributed by atoms with Gasteiger partial charge in [-0.1, -0.05) is 23.7 Å². The van der Waals surface area contributed by atoms with Crippen LogP contribution in [0.2, 0.25) is 5.02 Å². The van der Waals surface area contributed by atoms with E-state index in [9.17, 15) is 9.59 Å². The first-order valence-corrected chi connectivity index (χ1v) is 8.96. The summed E-state index contributed by atoms with van der Waals surface area (Å²) in [7, 11) is 0. The van der Waals surface area contributed by atoms with Crippen LogP contribution in [0.5, 0.6) is 0 Å². The fraction of sp³-hybridized carbons (Fsp3) is 0.0952. The second-order valence-corrected chi connectivity index (χ2v) is 6.62. The van der Waals surface area contributed by atoms with Crippen molar-refractivity contribution in [3.8, 4) is 0 Å². The molecule has 0 fully saturated rings. The number of anilines is 4. The van der Waals surface area contributed by atoms with Crippen molar-refractivity contribution in [1.29, 1.82) is 0 Å². The molecule has 0 aliphatic heterocycles. The lowest BCUT2D eigenvalue weighted by Crippen LogP contribution is -2.13. The average molecular weight is 395 g/mol. The minimum Gasteiger partial charge on any atom is -0.354 e. The van der Waals surface area contributed by atoms with Gasteiger partial charge in [0.15, 0.2) is 0 Å². The molecule has 6 nitrogen and oxygen atoms in total. The summed E-state index contributed by atoms with van der Waals surface area (Å²) in [6, 6.07) is 14.2. The van der Waals surface area contributed by atoms with Gasteiger partial charge in [0, 0.05) is 35.2 Å². The van der Waals surface area contributed by atoms with E-state index in [2.05, 4.69) is 20.9 Å².